The van der Waals surface area contributed by atoms with Crippen molar-refractivity contribution in [3.63, 3.8) is 0 Å². The topological polar surface area (TPSA) is 136 Å². The molecule has 11 heteroatoms. The van der Waals surface area contributed by atoms with E-state index in [1.54, 1.807) is 6.07 Å². The predicted molar refractivity (Wildman–Crippen MR) is 140 cm³/mol. The molecule has 0 aliphatic heterocycles. The summed E-state index contributed by atoms with van der Waals surface area (Å²) in [6.07, 6.45) is 3.80. The number of nitrogens with zero attached hydrogens (tertiary/aromatic N) is 2. The number of hydrogen-bond acceptors (Lipinski definition) is 8. The summed E-state index contributed by atoms with van der Waals surface area (Å²) in [5, 5.41) is 26.6. The third-order valence-corrected chi connectivity index (χ3v) is 8.26. The molecule has 0 saturated heterocycles. The molecule has 4 rings (SSSR count). The molecule has 0 atom stereocenters. The first kappa shape index (κ1) is 25.6. The van der Waals surface area contributed by atoms with Crippen LogP contribution in [0, 0.1) is 11.8 Å². The van der Waals surface area contributed by atoms with Gasteiger partial charge in [-0.3, -0.25) is 0 Å². The molecule has 0 amide bonds. The number of aromatic nitrogens is 2. The van der Waals surface area contributed by atoms with Crippen LogP contribution < -0.4 is 15.4 Å². The van der Waals surface area contributed by atoms with E-state index >= 15 is 0 Å². The summed E-state index contributed by atoms with van der Waals surface area (Å²) in [6, 6.07) is 12.1. The number of para-hydroxylation sites is 1. The van der Waals surface area contributed by atoms with E-state index in [9.17, 15) is 13.5 Å². The SMILES string of the molecule is O=S(=O)(NC[C@H]1CC[C@H](CNc2nc(NCCO)c3ccccc3n2)CC1)c1ccc(Br)cc1O. The molecule has 2 aromatic carbocycles. The lowest BCUT2D eigenvalue weighted by Gasteiger charge is -2.28. The largest absolute Gasteiger partial charge is 0.506 e. The van der Waals surface area contributed by atoms with Crippen molar-refractivity contribution in [2.75, 3.05) is 36.9 Å². The summed E-state index contributed by atoms with van der Waals surface area (Å²) in [7, 11) is -3.77. The Morgan fingerprint density at radius 3 is 2.40 bits per heavy atom. The quantitative estimate of drug-likeness (QED) is 0.252. The minimum atomic E-state index is -3.77. The number of halogens is 1. The number of sulfonamides is 1. The van der Waals surface area contributed by atoms with Crippen molar-refractivity contribution >= 4 is 48.6 Å². The molecule has 0 radical (unpaired) electrons. The van der Waals surface area contributed by atoms with E-state index in [2.05, 4.69) is 41.3 Å². The zero-order valence-electron chi connectivity index (χ0n) is 19.2. The fraction of sp³-hybridized carbons (Fsp3) is 0.417. The van der Waals surface area contributed by atoms with Gasteiger partial charge in [-0.15, -0.1) is 0 Å². The van der Waals surface area contributed by atoms with E-state index < -0.39 is 10.0 Å². The van der Waals surface area contributed by atoms with E-state index in [1.807, 2.05) is 24.3 Å². The standard InChI is InChI=1S/C24H30BrN5O4S/c25-18-9-10-22(21(32)13-18)35(33,34)28-15-17-7-5-16(6-8-17)14-27-24-29-20-4-2-1-3-19(20)23(30-24)26-11-12-31/h1-4,9-10,13,16-17,28,31-32H,5-8,11-12,14-15H2,(H2,26,27,29,30)/t16-,17-. The monoisotopic (exact) mass is 563 g/mol. The van der Waals surface area contributed by atoms with Gasteiger partial charge in [0, 0.05) is 29.5 Å². The Kier molecular flexibility index (Phi) is 8.42. The third-order valence-electron chi connectivity index (χ3n) is 6.30. The van der Waals surface area contributed by atoms with E-state index in [0.29, 0.717) is 35.2 Å². The highest BCUT2D eigenvalue weighted by atomic mass is 79.9. The van der Waals surface area contributed by atoms with E-state index in [4.69, 9.17) is 5.11 Å². The number of anilines is 2. The van der Waals surface area contributed by atoms with Gasteiger partial charge in [-0.2, -0.15) is 4.98 Å². The molecule has 9 nitrogen and oxygen atoms in total. The number of aromatic hydroxyl groups is 1. The van der Waals surface area contributed by atoms with Gasteiger partial charge in [0.1, 0.15) is 16.5 Å². The number of hydrogen-bond donors (Lipinski definition) is 5. The van der Waals surface area contributed by atoms with Gasteiger partial charge in [0.05, 0.1) is 12.1 Å². The first-order valence-corrected chi connectivity index (χ1v) is 14.0. The zero-order chi connectivity index (χ0) is 24.8. The van der Waals surface area contributed by atoms with Crippen molar-refractivity contribution in [2.24, 2.45) is 11.8 Å². The van der Waals surface area contributed by atoms with Crippen molar-refractivity contribution in [3.8, 4) is 5.75 Å². The van der Waals surface area contributed by atoms with Crippen molar-refractivity contribution < 1.29 is 18.6 Å². The van der Waals surface area contributed by atoms with Crippen LogP contribution in [-0.4, -0.2) is 54.8 Å². The van der Waals surface area contributed by atoms with Crippen LogP contribution in [0.2, 0.25) is 0 Å². The van der Waals surface area contributed by atoms with Crippen molar-refractivity contribution in [1.29, 1.82) is 0 Å². The molecule has 0 bridgehead atoms. The third kappa shape index (κ3) is 6.60. The molecule has 5 N–H and O–H groups in total. The summed E-state index contributed by atoms with van der Waals surface area (Å²) in [4.78, 5) is 9.10. The summed E-state index contributed by atoms with van der Waals surface area (Å²) < 4.78 is 28.4. The number of nitrogens with one attached hydrogen (secondary N) is 3. The van der Waals surface area contributed by atoms with Crippen molar-refractivity contribution in [1.82, 2.24) is 14.7 Å². The Hall–Kier alpha value is -2.47. The molecule has 188 valence electrons. The molecule has 1 heterocycles. The summed E-state index contributed by atoms with van der Waals surface area (Å²) in [6.45, 7) is 1.52. The minimum absolute atomic E-state index is 0.0186. The van der Waals surface area contributed by atoms with Crippen molar-refractivity contribution in [2.45, 2.75) is 30.6 Å². The van der Waals surface area contributed by atoms with Crippen molar-refractivity contribution in [3.05, 3.63) is 46.9 Å². The summed E-state index contributed by atoms with van der Waals surface area (Å²) in [5.41, 5.74) is 0.832. The second-order valence-electron chi connectivity index (χ2n) is 8.79. The van der Waals surface area contributed by atoms with Crippen LogP contribution in [0.4, 0.5) is 11.8 Å². The lowest BCUT2D eigenvalue weighted by atomic mass is 9.82. The number of benzene rings is 2. The van der Waals surface area contributed by atoms with Crippen LogP contribution in [-0.2, 0) is 10.0 Å². The smallest absolute Gasteiger partial charge is 0.244 e. The molecule has 1 aromatic heterocycles. The molecular weight excluding hydrogens is 534 g/mol. The average Bonchev–Trinajstić information content (AvgIpc) is 2.85. The number of aliphatic hydroxyl groups is 1. The number of rotatable bonds is 10. The highest BCUT2D eigenvalue weighted by Crippen LogP contribution is 2.30. The molecule has 1 fully saturated rings. The van der Waals surface area contributed by atoms with Gasteiger partial charge in [-0.1, -0.05) is 28.1 Å². The number of phenols is 1. The first-order chi connectivity index (χ1) is 16.9. The first-order valence-electron chi connectivity index (χ1n) is 11.7. The van der Waals surface area contributed by atoms with Gasteiger partial charge in [-0.05, 0) is 67.9 Å². The molecular formula is C24H30BrN5O4S. The molecule has 3 aromatic rings. The summed E-state index contributed by atoms with van der Waals surface area (Å²) >= 11 is 3.22. The fourth-order valence-electron chi connectivity index (χ4n) is 4.36. The molecule has 0 spiro atoms. The summed E-state index contributed by atoms with van der Waals surface area (Å²) in [5.74, 6) is 1.67. The molecule has 1 aliphatic rings. The Labute approximate surface area is 213 Å². The maximum absolute atomic E-state index is 12.6. The molecule has 1 aliphatic carbocycles. The van der Waals surface area contributed by atoms with Crippen LogP contribution >= 0.6 is 15.9 Å². The van der Waals surface area contributed by atoms with E-state index in [0.717, 1.165) is 43.1 Å². The van der Waals surface area contributed by atoms with Gasteiger partial charge < -0.3 is 20.8 Å². The predicted octanol–water partition coefficient (Wildman–Crippen LogP) is 3.70. The molecule has 0 unspecified atom stereocenters. The highest BCUT2D eigenvalue weighted by Gasteiger charge is 2.25. The lowest BCUT2D eigenvalue weighted by molar-refractivity contribution is 0.284. The second kappa shape index (κ2) is 11.5. The Balaban J connectivity index is 1.28. The number of phenolic OH excluding ortho intramolecular Hbond substituents is 1. The van der Waals surface area contributed by atoms with Gasteiger partial charge in [-0.25, -0.2) is 18.1 Å². The van der Waals surface area contributed by atoms with Crippen LogP contribution in [0.15, 0.2) is 51.8 Å². The van der Waals surface area contributed by atoms with Gasteiger partial charge in [0.2, 0.25) is 16.0 Å². The van der Waals surface area contributed by atoms with Gasteiger partial charge in [0.15, 0.2) is 0 Å². The lowest BCUT2D eigenvalue weighted by Crippen LogP contribution is -2.32. The molecule has 1 saturated carbocycles. The van der Waals surface area contributed by atoms with Crippen LogP contribution in [0.3, 0.4) is 0 Å². The Morgan fingerprint density at radius 2 is 1.69 bits per heavy atom. The van der Waals surface area contributed by atoms with E-state index in [1.165, 1.54) is 12.1 Å². The maximum Gasteiger partial charge on any atom is 0.244 e. The zero-order valence-corrected chi connectivity index (χ0v) is 21.6. The van der Waals surface area contributed by atoms with Crippen LogP contribution in [0.25, 0.3) is 10.9 Å². The maximum atomic E-state index is 12.6. The number of aliphatic hydroxyl groups excluding tert-OH is 1. The Morgan fingerprint density at radius 1 is 0.971 bits per heavy atom. The number of fused-ring (bicyclic) bond motifs is 1. The highest BCUT2D eigenvalue weighted by molar-refractivity contribution is 9.10. The average molecular weight is 565 g/mol. The Bertz CT molecular complexity index is 1270. The van der Waals surface area contributed by atoms with E-state index in [-0.39, 0.29) is 23.2 Å². The fourth-order valence-corrected chi connectivity index (χ4v) is 5.90. The van der Waals surface area contributed by atoms with Crippen LogP contribution in [0.5, 0.6) is 5.75 Å². The van der Waals surface area contributed by atoms with Gasteiger partial charge in [0.25, 0.3) is 0 Å². The molecule has 35 heavy (non-hydrogen) atoms. The van der Waals surface area contributed by atoms with Crippen LogP contribution in [0.1, 0.15) is 25.7 Å². The minimum Gasteiger partial charge on any atom is -0.506 e. The van der Waals surface area contributed by atoms with Gasteiger partial charge >= 0.3 is 0 Å². The second-order valence-corrected chi connectivity index (χ2v) is 11.4. The normalized spacial score (nSPS) is 18.5.